The molecule has 3 atom stereocenters. The molecule has 1 aromatic carbocycles. The molecule has 5 rings (SSSR count). The zero-order chi connectivity index (χ0) is 23.1. The summed E-state index contributed by atoms with van der Waals surface area (Å²) in [5, 5.41) is 8.10. The number of nitrogens with one attached hydrogen (secondary N) is 1. The number of aryl methyl sites for hydroxylation is 1. The molecule has 1 aliphatic heterocycles. The number of benzene rings is 1. The Morgan fingerprint density at radius 3 is 2.36 bits per heavy atom. The van der Waals surface area contributed by atoms with Gasteiger partial charge in [-0.25, -0.2) is 23.4 Å². The highest BCUT2D eigenvalue weighted by Crippen LogP contribution is 2.40. The van der Waals surface area contributed by atoms with Crippen molar-refractivity contribution in [1.29, 1.82) is 0 Å². The van der Waals surface area contributed by atoms with Crippen molar-refractivity contribution in [3.05, 3.63) is 47.9 Å². The van der Waals surface area contributed by atoms with Crippen molar-refractivity contribution in [2.75, 3.05) is 23.3 Å². The first-order valence-electron chi connectivity index (χ1n) is 11.3. The molecule has 174 valence electrons. The summed E-state index contributed by atoms with van der Waals surface area (Å²) in [6, 6.07) is 5.47. The van der Waals surface area contributed by atoms with Gasteiger partial charge in [0.1, 0.15) is 29.5 Å². The van der Waals surface area contributed by atoms with Crippen LogP contribution in [0.4, 0.5) is 20.5 Å². The van der Waals surface area contributed by atoms with E-state index in [9.17, 15) is 8.78 Å². The number of fused-ring (bicyclic) bond motifs is 2. The number of halogens is 2. The minimum Gasteiger partial charge on any atom is -0.424 e. The van der Waals surface area contributed by atoms with Crippen molar-refractivity contribution in [2.45, 2.75) is 45.7 Å². The fourth-order valence-corrected chi connectivity index (χ4v) is 4.88. The Hall–Kier alpha value is -3.30. The molecule has 3 aromatic rings. The molecule has 2 aromatic heterocycles. The second kappa shape index (κ2) is 8.57. The first kappa shape index (κ1) is 21.5. The molecule has 2 bridgehead atoms. The Bertz CT molecular complexity index is 1120. The minimum absolute atomic E-state index is 0.0407. The predicted octanol–water partition coefficient (Wildman–Crippen LogP) is 4.35. The van der Waals surface area contributed by atoms with Gasteiger partial charge in [0.15, 0.2) is 0 Å². The number of piperidine rings is 1. The smallest absolute Gasteiger partial charge is 0.322 e. The molecule has 0 unspecified atom stereocenters. The molecule has 10 heteroatoms. The highest BCUT2D eigenvalue weighted by molar-refractivity contribution is 5.42. The van der Waals surface area contributed by atoms with Crippen LogP contribution in [0.5, 0.6) is 11.8 Å². The standard InChI is InChI=1S/C23H27F2N7O/c1-13(2)32-23(33-19-8-17(24)7-18(25)9-19)29-22(30-32)28-21-15-4-5-16(21)11-31(10-15)20-6-14(3)26-12-27-20/h6-9,12-13,15-16,21H,4-5,10-11H2,1-3H3,(H,28,30)/t15-,16+,21+. The van der Waals surface area contributed by atoms with E-state index >= 15 is 0 Å². The Morgan fingerprint density at radius 1 is 1.03 bits per heavy atom. The van der Waals surface area contributed by atoms with E-state index in [4.69, 9.17) is 4.74 Å². The third-order valence-corrected chi connectivity index (χ3v) is 6.38. The van der Waals surface area contributed by atoms with E-state index in [1.807, 2.05) is 26.8 Å². The molecule has 1 N–H and O–H groups in total. The SMILES string of the molecule is Cc1cc(N2C[C@H]3CC[C@@H](C2)[C@H]3Nc2nc(Oc3cc(F)cc(F)c3)n(C(C)C)n2)ncn1. The van der Waals surface area contributed by atoms with Gasteiger partial charge in [-0.3, -0.25) is 0 Å². The zero-order valence-corrected chi connectivity index (χ0v) is 18.9. The monoisotopic (exact) mass is 455 g/mol. The molecule has 8 nitrogen and oxygen atoms in total. The van der Waals surface area contributed by atoms with Gasteiger partial charge in [0, 0.05) is 49.1 Å². The minimum atomic E-state index is -0.707. The summed E-state index contributed by atoms with van der Waals surface area (Å²) in [7, 11) is 0. The van der Waals surface area contributed by atoms with E-state index in [0.29, 0.717) is 17.8 Å². The van der Waals surface area contributed by atoms with Crippen LogP contribution >= 0.6 is 0 Å². The Kier molecular flexibility index (Phi) is 5.59. The average molecular weight is 456 g/mol. The number of hydrogen-bond acceptors (Lipinski definition) is 7. The summed E-state index contributed by atoms with van der Waals surface area (Å²) in [6.07, 6.45) is 3.87. The number of ether oxygens (including phenoxy) is 1. The van der Waals surface area contributed by atoms with Crippen LogP contribution in [-0.2, 0) is 0 Å². The van der Waals surface area contributed by atoms with Crippen molar-refractivity contribution in [3.8, 4) is 11.8 Å². The van der Waals surface area contributed by atoms with Crippen LogP contribution < -0.4 is 15.0 Å². The van der Waals surface area contributed by atoms with Gasteiger partial charge in [-0.1, -0.05) is 0 Å². The van der Waals surface area contributed by atoms with Crippen molar-refractivity contribution in [3.63, 3.8) is 0 Å². The summed E-state index contributed by atoms with van der Waals surface area (Å²) in [5.74, 6) is 0.935. The molecular formula is C23H27F2N7O. The summed E-state index contributed by atoms with van der Waals surface area (Å²) in [6.45, 7) is 7.68. The number of aromatic nitrogens is 5. The Balaban J connectivity index is 1.33. The second-order valence-electron chi connectivity index (χ2n) is 9.15. The largest absolute Gasteiger partial charge is 0.424 e. The van der Waals surface area contributed by atoms with Crippen molar-refractivity contribution >= 4 is 11.8 Å². The van der Waals surface area contributed by atoms with Crippen LogP contribution in [0.1, 0.15) is 38.4 Å². The second-order valence-corrected chi connectivity index (χ2v) is 9.15. The normalized spacial score (nSPS) is 22.1. The van der Waals surface area contributed by atoms with Gasteiger partial charge >= 0.3 is 6.01 Å². The van der Waals surface area contributed by atoms with Crippen LogP contribution in [0.25, 0.3) is 0 Å². The van der Waals surface area contributed by atoms with Gasteiger partial charge in [0.05, 0.1) is 6.04 Å². The van der Waals surface area contributed by atoms with E-state index in [2.05, 4.69) is 30.3 Å². The number of anilines is 2. The van der Waals surface area contributed by atoms with Crippen molar-refractivity contribution in [1.82, 2.24) is 24.7 Å². The predicted molar refractivity (Wildman–Crippen MR) is 119 cm³/mol. The molecule has 0 radical (unpaired) electrons. The average Bonchev–Trinajstić information content (AvgIpc) is 3.23. The van der Waals surface area contributed by atoms with Crippen LogP contribution in [-0.4, -0.2) is 43.9 Å². The summed E-state index contributed by atoms with van der Waals surface area (Å²) in [4.78, 5) is 15.5. The molecule has 33 heavy (non-hydrogen) atoms. The fourth-order valence-electron chi connectivity index (χ4n) is 4.88. The lowest BCUT2D eigenvalue weighted by atomic mass is 9.92. The first-order valence-corrected chi connectivity index (χ1v) is 11.3. The van der Waals surface area contributed by atoms with Crippen LogP contribution in [0.15, 0.2) is 30.6 Å². The van der Waals surface area contributed by atoms with E-state index in [-0.39, 0.29) is 23.8 Å². The lowest BCUT2D eigenvalue weighted by molar-refractivity contribution is 0.371. The topological polar surface area (TPSA) is 81.0 Å². The quantitative estimate of drug-likeness (QED) is 0.592. The number of hydrogen-bond donors (Lipinski definition) is 1. The van der Waals surface area contributed by atoms with Gasteiger partial charge in [0.2, 0.25) is 5.95 Å². The van der Waals surface area contributed by atoms with Crippen molar-refractivity contribution in [2.24, 2.45) is 11.8 Å². The van der Waals surface area contributed by atoms with Gasteiger partial charge in [-0.2, -0.15) is 4.98 Å². The number of nitrogens with zero attached hydrogens (tertiary/aromatic N) is 6. The maximum atomic E-state index is 13.6. The molecule has 1 aliphatic carbocycles. The lowest BCUT2D eigenvalue weighted by Gasteiger charge is -2.38. The molecular weight excluding hydrogens is 428 g/mol. The van der Waals surface area contributed by atoms with E-state index in [1.54, 1.807) is 11.0 Å². The highest BCUT2D eigenvalue weighted by Gasteiger charge is 2.43. The van der Waals surface area contributed by atoms with E-state index in [0.717, 1.165) is 55.6 Å². The van der Waals surface area contributed by atoms with Crippen molar-refractivity contribution < 1.29 is 13.5 Å². The van der Waals surface area contributed by atoms with E-state index < -0.39 is 11.6 Å². The molecule has 2 fully saturated rings. The molecule has 1 saturated carbocycles. The van der Waals surface area contributed by atoms with E-state index in [1.165, 1.54) is 0 Å². The first-order chi connectivity index (χ1) is 15.9. The van der Waals surface area contributed by atoms with Crippen LogP contribution in [0.3, 0.4) is 0 Å². The maximum Gasteiger partial charge on any atom is 0.322 e. The Labute approximate surface area is 191 Å². The van der Waals surface area contributed by atoms with Gasteiger partial charge in [-0.05, 0) is 45.4 Å². The van der Waals surface area contributed by atoms with Crippen LogP contribution in [0.2, 0.25) is 0 Å². The molecule has 3 heterocycles. The third kappa shape index (κ3) is 4.46. The summed E-state index contributed by atoms with van der Waals surface area (Å²) < 4.78 is 34.5. The fraction of sp³-hybridized carbons (Fsp3) is 0.478. The van der Waals surface area contributed by atoms with Gasteiger partial charge in [-0.15, -0.1) is 5.10 Å². The van der Waals surface area contributed by atoms with Gasteiger partial charge < -0.3 is 15.0 Å². The molecule has 2 aliphatic rings. The van der Waals surface area contributed by atoms with Crippen LogP contribution in [0, 0.1) is 30.4 Å². The third-order valence-electron chi connectivity index (χ3n) is 6.38. The molecule has 0 spiro atoms. The lowest BCUT2D eigenvalue weighted by Crippen LogP contribution is -2.48. The highest BCUT2D eigenvalue weighted by atomic mass is 19.1. The Morgan fingerprint density at radius 2 is 1.73 bits per heavy atom. The number of rotatable bonds is 6. The maximum absolute atomic E-state index is 13.6. The van der Waals surface area contributed by atoms with Gasteiger partial charge in [0.25, 0.3) is 0 Å². The molecule has 0 amide bonds. The zero-order valence-electron chi connectivity index (χ0n) is 18.9. The summed E-state index contributed by atoms with van der Waals surface area (Å²) >= 11 is 0. The molecule has 1 saturated heterocycles. The summed E-state index contributed by atoms with van der Waals surface area (Å²) in [5.41, 5.74) is 0.960.